The third-order valence-corrected chi connectivity index (χ3v) is 4.20. The Hall–Kier alpha value is -0.200. The third-order valence-electron chi connectivity index (χ3n) is 2.32. The van der Waals surface area contributed by atoms with E-state index in [2.05, 4.69) is 54.8 Å². The first-order valence-corrected chi connectivity index (χ1v) is 7.18. The number of nitrogens with one attached hydrogen (secondary N) is 1. The van der Waals surface area contributed by atoms with Crippen LogP contribution in [0.4, 0.5) is 0 Å². The van der Waals surface area contributed by atoms with E-state index in [0.717, 1.165) is 14.5 Å². The first-order valence-electron chi connectivity index (χ1n) is 4.65. The highest BCUT2D eigenvalue weighted by atomic mass is 79.9. The lowest BCUT2D eigenvalue weighted by atomic mass is 10.0. The van der Waals surface area contributed by atoms with E-state index in [0.29, 0.717) is 0 Å². The molecule has 2 aromatic rings. The van der Waals surface area contributed by atoms with Crippen molar-refractivity contribution < 1.29 is 0 Å². The van der Waals surface area contributed by atoms with E-state index >= 15 is 0 Å². The summed E-state index contributed by atoms with van der Waals surface area (Å²) in [6.45, 7) is 0. The van der Waals surface area contributed by atoms with Gasteiger partial charge in [-0.1, -0.05) is 37.9 Å². The van der Waals surface area contributed by atoms with Gasteiger partial charge in [0.2, 0.25) is 0 Å². The summed E-state index contributed by atoms with van der Waals surface area (Å²) in [4.78, 5) is 0. The van der Waals surface area contributed by atoms with E-state index in [9.17, 15) is 0 Å². The SMILES string of the molecule is NNC(c1ccsc1)c1ccc(Br)cc1Br. The summed E-state index contributed by atoms with van der Waals surface area (Å²) in [5.41, 5.74) is 5.15. The van der Waals surface area contributed by atoms with Gasteiger partial charge in [-0.15, -0.1) is 0 Å². The summed E-state index contributed by atoms with van der Waals surface area (Å²) in [5, 5.41) is 4.14. The molecule has 84 valence electrons. The number of hydrazine groups is 1. The Morgan fingerprint density at radius 3 is 2.62 bits per heavy atom. The van der Waals surface area contributed by atoms with E-state index < -0.39 is 0 Å². The molecule has 0 saturated carbocycles. The normalized spacial score (nSPS) is 12.7. The van der Waals surface area contributed by atoms with Gasteiger partial charge in [0.25, 0.3) is 0 Å². The molecule has 0 amide bonds. The van der Waals surface area contributed by atoms with Crippen LogP contribution in [0.3, 0.4) is 0 Å². The van der Waals surface area contributed by atoms with Gasteiger partial charge in [0.1, 0.15) is 0 Å². The molecule has 0 aliphatic rings. The molecular formula is C11H10Br2N2S. The smallest absolute Gasteiger partial charge is 0.0729 e. The molecule has 2 rings (SSSR count). The number of hydrogen-bond acceptors (Lipinski definition) is 3. The molecule has 1 aromatic heterocycles. The van der Waals surface area contributed by atoms with Crippen LogP contribution in [0.25, 0.3) is 0 Å². The minimum Gasteiger partial charge on any atom is -0.271 e. The van der Waals surface area contributed by atoms with Gasteiger partial charge in [0.15, 0.2) is 0 Å². The summed E-state index contributed by atoms with van der Waals surface area (Å²) < 4.78 is 2.08. The predicted octanol–water partition coefficient (Wildman–Crippen LogP) is 3.83. The van der Waals surface area contributed by atoms with Crippen LogP contribution in [0.1, 0.15) is 17.2 Å². The summed E-state index contributed by atoms with van der Waals surface area (Å²) in [7, 11) is 0. The van der Waals surface area contributed by atoms with Crippen LogP contribution in [0, 0.1) is 0 Å². The lowest BCUT2D eigenvalue weighted by molar-refractivity contribution is 0.636. The van der Waals surface area contributed by atoms with Crippen molar-refractivity contribution in [3.63, 3.8) is 0 Å². The molecule has 5 heteroatoms. The minimum absolute atomic E-state index is 0.0220. The Labute approximate surface area is 115 Å². The largest absolute Gasteiger partial charge is 0.271 e. The van der Waals surface area contributed by atoms with E-state index in [1.807, 2.05) is 17.5 Å². The second kappa shape index (κ2) is 5.42. The molecule has 0 saturated heterocycles. The van der Waals surface area contributed by atoms with Crippen molar-refractivity contribution in [2.75, 3.05) is 0 Å². The second-order valence-corrected chi connectivity index (χ2v) is 5.87. The van der Waals surface area contributed by atoms with Crippen LogP contribution in [0.2, 0.25) is 0 Å². The van der Waals surface area contributed by atoms with E-state index in [1.54, 1.807) is 11.3 Å². The average Bonchev–Trinajstić information content (AvgIpc) is 2.75. The topological polar surface area (TPSA) is 38.0 Å². The number of halogens is 2. The average molecular weight is 362 g/mol. The van der Waals surface area contributed by atoms with Gasteiger partial charge in [-0.2, -0.15) is 11.3 Å². The number of nitrogens with two attached hydrogens (primary N) is 1. The highest BCUT2D eigenvalue weighted by Gasteiger charge is 2.15. The quantitative estimate of drug-likeness (QED) is 0.644. The van der Waals surface area contributed by atoms with Crippen LogP contribution < -0.4 is 11.3 Å². The van der Waals surface area contributed by atoms with Gasteiger partial charge in [0.05, 0.1) is 6.04 Å². The summed E-state index contributed by atoms with van der Waals surface area (Å²) in [6, 6.07) is 8.18. The van der Waals surface area contributed by atoms with Gasteiger partial charge in [-0.3, -0.25) is 5.84 Å². The monoisotopic (exact) mass is 360 g/mol. The first-order chi connectivity index (χ1) is 7.72. The third kappa shape index (κ3) is 2.55. The Kier molecular flexibility index (Phi) is 4.16. The zero-order chi connectivity index (χ0) is 11.5. The molecule has 0 radical (unpaired) electrons. The standard InChI is InChI=1S/C11H10Br2N2S/c12-8-1-2-9(10(13)5-8)11(15-14)7-3-4-16-6-7/h1-6,11,15H,14H2. The molecule has 1 atom stereocenters. The van der Waals surface area contributed by atoms with Crippen LogP contribution >= 0.6 is 43.2 Å². The lowest BCUT2D eigenvalue weighted by Crippen LogP contribution is -2.28. The van der Waals surface area contributed by atoms with Crippen molar-refractivity contribution in [1.82, 2.24) is 5.43 Å². The molecule has 0 bridgehead atoms. The summed E-state index contributed by atoms with van der Waals surface area (Å²) in [6.07, 6.45) is 0. The van der Waals surface area contributed by atoms with E-state index in [-0.39, 0.29) is 6.04 Å². The van der Waals surface area contributed by atoms with Crippen molar-refractivity contribution in [1.29, 1.82) is 0 Å². The molecule has 1 heterocycles. The van der Waals surface area contributed by atoms with E-state index in [1.165, 1.54) is 5.56 Å². The lowest BCUT2D eigenvalue weighted by Gasteiger charge is -2.17. The molecule has 0 spiro atoms. The fraction of sp³-hybridized carbons (Fsp3) is 0.0909. The van der Waals surface area contributed by atoms with Crippen molar-refractivity contribution in [3.8, 4) is 0 Å². The Bertz CT molecular complexity index is 471. The number of rotatable bonds is 3. The van der Waals surface area contributed by atoms with Crippen molar-refractivity contribution >= 4 is 43.2 Å². The number of thiophene rings is 1. The molecule has 1 unspecified atom stereocenters. The zero-order valence-corrected chi connectivity index (χ0v) is 12.3. The number of benzene rings is 1. The number of hydrogen-bond donors (Lipinski definition) is 2. The Morgan fingerprint density at radius 2 is 2.06 bits per heavy atom. The van der Waals surface area contributed by atoms with Gasteiger partial charge in [-0.25, -0.2) is 5.43 Å². The van der Waals surface area contributed by atoms with Crippen LogP contribution in [0.15, 0.2) is 44.0 Å². The highest BCUT2D eigenvalue weighted by molar-refractivity contribution is 9.11. The second-order valence-electron chi connectivity index (χ2n) is 3.32. The van der Waals surface area contributed by atoms with Crippen LogP contribution in [0.5, 0.6) is 0 Å². The minimum atomic E-state index is 0.0220. The maximum Gasteiger partial charge on any atom is 0.0729 e. The summed E-state index contributed by atoms with van der Waals surface area (Å²) >= 11 is 8.66. The Balaban J connectivity index is 2.41. The van der Waals surface area contributed by atoms with E-state index in [4.69, 9.17) is 5.84 Å². The van der Waals surface area contributed by atoms with Crippen molar-refractivity contribution in [2.45, 2.75) is 6.04 Å². The molecule has 0 aliphatic heterocycles. The molecular weight excluding hydrogens is 352 g/mol. The van der Waals surface area contributed by atoms with Crippen molar-refractivity contribution in [3.05, 3.63) is 55.1 Å². The molecule has 0 fully saturated rings. The fourth-order valence-corrected chi connectivity index (χ4v) is 3.50. The van der Waals surface area contributed by atoms with Gasteiger partial charge in [-0.05, 0) is 40.1 Å². The van der Waals surface area contributed by atoms with Crippen LogP contribution in [-0.2, 0) is 0 Å². The predicted molar refractivity (Wildman–Crippen MR) is 75.3 cm³/mol. The Morgan fingerprint density at radius 1 is 1.25 bits per heavy atom. The summed E-state index contributed by atoms with van der Waals surface area (Å²) in [5.74, 6) is 5.63. The maximum absolute atomic E-state index is 5.63. The molecule has 0 aliphatic carbocycles. The van der Waals surface area contributed by atoms with Crippen LogP contribution in [-0.4, -0.2) is 0 Å². The molecule has 3 N–H and O–H groups in total. The fourth-order valence-electron chi connectivity index (χ4n) is 1.54. The zero-order valence-electron chi connectivity index (χ0n) is 8.28. The van der Waals surface area contributed by atoms with Gasteiger partial charge >= 0.3 is 0 Å². The molecule has 16 heavy (non-hydrogen) atoms. The van der Waals surface area contributed by atoms with Crippen molar-refractivity contribution in [2.24, 2.45) is 5.84 Å². The highest BCUT2D eigenvalue weighted by Crippen LogP contribution is 2.31. The van der Waals surface area contributed by atoms with Gasteiger partial charge in [0, 0.05) is 8.95 Å². The first kappa shape index (κ1) is 12.3. The molecule has 2 nitrogen and oxygen atoms in total. The van der Waals surface area contributed by atoms with Gasteiger partial charge < -0.3 is 0 Å². The maximum atomic E-state index is 5.63. The molecule has 1 aromatic carbocycles.